The van der Waals surface area contributed by atoms with Gasteiger partial charge in [0.25, 0.3) is 11.7 Å². The van der Waals surface area contributed by atoms with E-state index in [9.17, 15) is 24.6 Å². The van der Waals surface area contributed by atoms with Crippen LogP contribution in [-0.4, -0.2) is 136 Å². The number of aliphatic hydroxyl groups is 2. The van der Waals surface area contributed by atoms with Crippen LogP contribution >= 0.6 is 0 Å². The topological polar surface area (TPSA) is 227 Å². The van der Waals surface area contributed by atoms with Crippen molar-refractivity contribution >= 4 is 46.2 Å². The number of aliphatic hydroxyl groups excluding tert-OH is 1. The van der Waals surface area contributed by atoms with Crippen LogP contribution in [0.3, 0.4) is 0 Å². The zero-order chi connectivity index (χ0) is 44.5. The highest BCUT2D eigenvalue weighted by atomic mass is 19.1. The van der Waals surface area contributed by atoms with Gasteiger partial charge in [0.15, 0.2) is 17.7 Å². The van der Waals surface area contributed by atoms with Gasteiger partial charge in [0.2, 0.25) is 5.91 Å². The zero-order valence-corrected chi connectivity index (χ0v) is 36.5. The number of likely N-dealkylation sites (N-methyl/N-ethyl adjacent to an activating group) is 1. The molecule has 0 unspecified atom stereocenters. The molecule has 0 saturated carbocycles. The second kappa shape index (κ2) is 18.6. The summed E-state index contributed by atoms with van der Waals surface area (Å²) in [4.78, 5) is 57.3. The van der Waals surface area contributed by atoms with Gasteiger partial charge in [0, 0.05) is 30.5 Å². The van der Waals surface area contributed by atoms with Crippen LogP contribution in [-0.2, 0) is 49.5 Å². The van der Waals surface area contributed by atoms with Crippen LogP contribution < -0.4 is 5.73 Å². The van der Waals surface area contributed by atoms with Crippen molar-refractivity contribution in [2.45, 2.75) is 148 Å². The number of aromatic nitrogens is 1. The number of cyclic esters (lactones) is 1. The van der Waals surface area contributed by atoms with Crippen molar-refractivity contribution in [3.63, 3.8) is 0 Å². The van der Waals surface area contributed by atoms with Gasteiger partial charge in [0.1, 0.15) is 35.6 Å². The van der Waals surface area contributed by atoms with Crippen molar-refractivity contribution in [3.8, 4) is 0 Å². The van der Waals surface area contributed by atoms with Crippen LogP contribution in [0.25, 0.3) is 11.1 Å². The van der Waals surface area contributed by atoms with E-state index in [1.54, 1.807) is 39.0 Å². The van der Waals surface area contributed by atoms with Crippen LogP contribution in [0.2, 0.25) is 0 Å². The summed E-state index contributed by atoms with van der Waals surface area (Å²) in [5.74, 6) is -6.14. The highest BCUT2D eigenvalue weighted by Crippen LogP contribution is 2.41. The molecule has 0 radical (unpaired) electrons. The molecule has 3 aliphatic rings. The molecule has 4 heterocycles. The molecule has 17 nitrogen and oxygen atoms in total. The molecule has 1 aromatic heterocycles. The number of carbonyl (C=O) groups excluding carboxylic acids is 3. The Morgan fingerprint density at radius 2 is 1.82 bits per heavy atom. The summed E-state index contributed by atoms with van der Waals surface area (Å²) in [7, 11) is 3.62. The number of Topliss-reactive ketones (excluding diaryl/α,β-unsaturated/α-hetero) is 1. The summed E-state index contributed by atoms with van der Waals surface area (Å²) in [6.07, 6.45) is -6.55. The maximum absolute atomic E-state index is 16.9. The third kappa shape index (κ3) is 10.1. The van der Waals surface area contributed by atoms with Crippen LogP contribution in [0.1, 0.15) is 87.1 Å². The number of ether oxygens (including phenoxy) is 5. The average molecular weight is 848 g/mol. The van der Waals surface area contributed by atoms with Gasteiger partial charge in [-0.25, -0.2) is 14.2 Å². The molecule has 2 aromatic rings. The maximum Gasteiger partial charge on any atom is 0.351 e. The second-order valence-corrected chi connectivity index (χ2v) is 17.4. The standard InChI is InChI=1S/C42H62FN5O12/c1-12-31-42(9,53)36-23(4)32(45-25(6)49)21(2)17-40(7,55-20-27(19-54-36)47-56-18-26-13-14-28-30(16-26)58-39(44)46-28)35(24(5)34(51)41(8,43)38(52)59-31)60-37-33(50)29(48(10)11)15-22(3)57-37/h13-14,16,21-24,29,31,33,35-37,50,53H,12,15,17-20H2,1-11H3,(H2,44,46)/b45-32?,47-27+/t21-,22-,23+,24+,29+,31-,33-,35-,36+,37+,40-,41+,42-/m1/s1. The minimum absolute atomic E-state index is 0.00476. The van der Waals surface area contributed by atoms with E-state index in [4.69, 9.17) is 38.7 Å². The molecule has 3 fully saturated rings. The number of alkyl halides is 1. The number of hydrogen-bond donors (Lipinski definition) is 3. The number of aliphatic imine (C=N–C) groups is 1. The van der Waals surface area contributed by atoms with E-state index in [0.717, 1.165) is 6.92 Å². The molecule has 18 heteroatoms. The monoisotopic (exact) mass is 847 g/mol. The number of nitrogens with zero attached hydrogens (tertiary/aromatic N) is 4. The lowest BCUT2D eigenvalue weighted by Crippen LogP contribution is -2.61. The van der Waals surface area contributed by atoms with Crippen molar-refractivity contribution in [3.05, 3.63) is 23.8 Å². The highest BCUT2D eigenvalue weighted by Gasteiger charge is 2.56. The number of esters is 1. The van der Waals surface area contributed by atoms with Crippen molar-refractivity contribution in [2.75, 3.05) is 33.0 Å². The van der Waals surface area contributed by atoms with Crippen LogP contribution in [0.4, 0.5) is 10.4 Å². The van der Waals surface area contributed by atoms with Gasteiger partial charge in [-0.2, -0.15) is 4.98 Å². The summed E-state index contributed by atoms with van der Waals surface area (Å²) in [6, 6.07) is 4.82. The predicted molar refractivity (Wildman–Crippen MR) is 218 cm³/mol. The molecule has 3 saturated heterocycles. The Morgan fingerprint density at radius 1 is 1.12 bits per heavy atom. The minimum atomic E-state index is -3.23. The van der Waals surface area contributed by atoms with E-state index < -0.39 is 95.1 Å². The number of oxime groups is 1. The third-order valence-corrected chi connectivity index (χ3v) is 12.0. The molecule has 1 amide bonds. The Morgan fingerprint density at radius 3 is 2.47 bits per heavy atom. The zero-order valence-electron chi connectivity index (χ0n) is 36.5. The Labute approximate surface area is 350 Å². The van der Waals surface area contributed by atoms with Crippen molar-refractivity contribution < 1.29 is 61.9 Å². The number of anilines is 1. The molecule has 334 valence electrons. The molecule has 3 aliphatic heterocycles. The van der Waals surface area contributed by atoms with E-state index in [1.807, 2.05) is 32.8 Å². The first-order valence-corrected chi connectivity index (χ1v) is 20.5. The number of oxazole rings is 1. The number of fused-ring (bicyclic) bond motifs is 6. The lowest BCUT2D eigenvalue weighted by molar-refractivity contribution is -0.296. The lowest BCUT2D eigenvalue weighted by Gasteiger charge is -2.47. The van der Waals surface area contributed by atoms with Gasteiger partial charge in [-0.05, 0) is 84.7 Å². The van der Waals surface area contributed by atoms with E-state index in [0.29, 0.717) is 28.8 Å². The Hall–Kier alpha value is -3.91. The molecule has 0 spiro atoms. The SMILES string of the molecule is CC[C@H]1OC(=O)[C@@](C)(F)C(=O)[C@H](C)[C@@H](O[C@@H]2O[C@H](C)C[C@H](N(C)C)[C@H]2O)[C@@]2(C)C[C@@H](C)C(=NC(C)=O)[C@H](C)[C@H](OC/C(=N\OCc3ccc4nc(N)oc4c3)CO2)[C@]1(C)O. The third-order valence-electron chi connectivity index (χ3n) is 12.0. The average Bonchev–Trinajstić information content (AvgIpc) is 3.54. The van der Waals surface area contributed by atoms with E-state index in [-0.39, 0.29) is 44.4 Å². The molecular weight excluding hydrogens is 785 g/mol. The van der Waals surface area contributed by atoms with Crippen LogP contribution in [0.15, 0.2) is 32.8 Å². The van der Waals surface area contributed by atoms with Gasteiger partial charge < -0.3 is 53.8 Å². The van der Waals surface area contributed by atoms with Gasteiger partial charge in [-0.3, -0.25) is 9.59 Å². The first-order chi connectivity index (χ1) is 28.0. The number of ketones is 1. The molecule has 1 aromatic carbocycles. The quantitative estimate of drug-likeness (QED) is 0.204. The molecule has 5 rings (SSSR count). The first-order valence-electron chi connectivity index (χ1n) is 20.5. The van der Waals surface area contributed by atoms with Gasteiger partial charge in [-0.15, -0.1) is 0 Å². The Kier molecular flexibility index (Phi) is 14.6. The maximum atomic E-state index is 16.9. The number of hydrogen-bond acceptors (Lipinski definition) is 16. The molecule has 60 heavy (non-hydrogen) atoms. The second-order valence-electron chi connectivity index (χ2n) is 17.4. The Bertz CT molecular complexity index is 1930. The molecule has 2 bridgehead atoms. The smallest absolute Gasteiger partial charge is 0.351 e. The van der Waals surface area contributed by atoms with Crippen LogP contribution in [0.5, 0.6) is 0 Å². The number of rotatable bonds is 7. The first kappa shape index (κ1) is 47.1. The summed E-state index contributed by atoms with van der Waals surface area (Å²) in [5, 5.41) is 28.4. The van der Waals surface area contributed by atoms with Crippen LogP contribution in [0, 0.1) is 17.8 Å². The van der Waals surface area contributed by atoms with E-state index in [2.05, 4.69) is 15.1 Å². The Balaban J connectivity index is 1.68. The number of nitrogen functional groups attached to an aromatic ring is 1. The van der Waals surface area contributed by atoms with Gasteiger partial charge in [0.05, 0.1) is 37.1 Å². The molecule has 4 N–H and O–H groups in total. The molecular formula is C42H62FN5O12. The number of halogens is 1. The van der Waals surface area contributed by atoms with E-state index in [1.165, 1.54) is 20.8 Å². The summed E-state index contributed by atoms with van der Waals surface area (Å²) in [6.45, 7) is 12.9. The van der Waals surface area contributed by atoms with Crippen molar-refractivity contribution in [1.82, 2.24) is 9.88 Å². The van der Waals surface area contributed by atoms with Crippen molar-refractivity contribution in [1.29, 1.82) is 0 Å². The fourth-order valence-electron chi connectivity index (χ4n) is 8.88. The largest absolute Gasteiger partial charge is 0.457 e. The fraction of sp³-hybridized carbons (Fsp3) is 0.714. The number of nitrogens with two attached hydrogens (primary N) is 1. The lowest BCUT2D eigenvalue weighted by atomic mass is 9.73. The number of carbonyl (C=O) groups is 3. The normalized spacial score (nSPS) is 39.0. The highest BCUT2D eigenvalue weighted by molar-refractivity contribution is 6.08. The van der Waals surface area contributed by atoms with Crippen molar-refractivity contribution in [2.24, 2.45) is 27.9 Å². The van der Waals surface area contributed by atoms with Gasteiger partial charge in [-0.1, -0.05) is 38.9 Å². The predicted octanol–water partition coefficient (Wildman–Crippen LogP) is 3.94. The summed E-state index contributed by atoms with van der Waals surface area (Å²) >= 11 is 0. The molecule has 13 atom stereocenters. The number of benzene rings is 1. The van der Waals surface area contributed by atoms with E-state index >= 15 is 4.39 Å². The minimum Gasteiger partial charge on any atom is -0.457 e. The van der Waals surface area contributed by atoms with Gasteiger partial charge >= 0.3 is 5.97 Å². The molecule has 0 aliphatic carbocycles. The number of amides is 1. The summed E-state index contributed by atoms with van der Waals surface area (Å²) < 4.78 is 54.1. The summed E-state index contributed by atoms with van der Waals surface area (Å²) in [5.41, 5.74) is 1.07. The fourth-order valence-corrected chi connectivity index (χ4v) is 8.88.